The number of sulfone groups is 1. The highest BCUT2D eigenvalue weighted by Crippen LogP contribution is 2.40. The summed E-state index contributed by atoms with van der Waals surface area (Å²) in [7, 11) is -3.65. The van der Waals surface area contributed by atoms with Gasteiger partial charge in [0.15, 0.2) is 9.84 Å². The Bertz CT molecular complexity index is 692. The number of nitro benzene ring substituents is 1. The molecule has 1 aliphatic carbocycles. The van der Waals surface area contributed by atoms with Crippen LogP contribution in [-0.4, -0.2) is 26.1 Å². The van der Waals surface area contributed by atoms with Gasteiger partial charge in [0.25, 0.3) is 0 Å². The molecule has 6 nitrogen and oxygen atoms in total. The smallest absolute Gasteiger partial charge is 0.310 e. The summed E-state index contributed by atoms with van der Waals surface area (Å²) in [5, 5.41) is 14.5. The number of nitrogens with one attached hydrogen (secondary N) is 1. The molecule has 1 aliphatic rings. The summed E-state index contributed by atoms with van der Waals surface area (Å²) in [5.41, 5.74) is -0.0907. The van der Waals surface area contributed by atoms with E-state index in [2.05, 4.69) is 19.2 Å². The van der Waals surface area contributed by atoms with Crippen LogP contribution in [0.4, 0.5) is 11.4 Å². The molecule has 7 heteroatoms. The van der Waals surface area contributed by atoms with Crippen LogP contribution < -0.4 is 5.32 Å². The van der Waals surface area contributed by atoms with Crippen molar-refractivity contribution in [1.29, 1.82) is 0 Å². The molecular weight excluding hydrogens is 316 g/mol. The van der Waals surface area contributed by atoms with Gasteiger partial charge in [0, 0.05) is 12.8 Å². The Labute approximate surface area is 137 Å². The van der Waals surface area contributed by atoms with Gasteiger partial charge in [-0.2, -0.15) is 0 Å². The third-order valence-corrected chi connectivity index (χ3v) is 5.90. The number of para-hydroxylation sites is 1. The first-order valence-electron chi connectivity index (χ1n) is 7.84. The largest absolute Gasteiger partial charge is 0.379 e. The Morgan fingerprint density at radius 1 is 1.30 bits per heavy atom. The number of hydrogen-bond acceptors (Lipinski definition) is 5. The van der Waals surface area contributed by atoms with Crippen molar-refractivity contribution in [1.82, 2.24) is 0 Å². The van der Waals surface area contributed by atoms with E-state index in [-0.39, 0.29) is 21.7 Å². The normalized spacial score (nSPS) is 16.5. The van der Waals surface area contributed by atoms with Crippen molar-refractivity contribution < 1.29 is 13.3 Å². The van der Waals surface area contributed by atoms with Crippen LogP contribution in [0.1, 0.15) is 39.5 Å². The quantitative estimate of drug-likeness (QED) is 0.631. The lowest BCUT2D eigenvalue weighted by molar-refractivity contribution is -0.386. The predicted molar refractivity (Wildman–Crippen MR) is 90.4 cm³/mol. The molecule has 1 aromatic carbocycles. The van der Waals surface area contributed by atoms with E-state index in [1.54, 1.807) is 6.07 Å². The molecule has 0 bridgehead atoms. The Morgan fingerprint density at radius 2 is 1.91 bits per heavy atom. The van der Waals surface area contributed by atoms with Crippen molar-refractivity contribution in [2.75, 3.05) is 18.1 Å². The monoisotopic (exact) mass is 340 g/mol. The van der Waals surface area contributed by atoms with Gasteiger partial charge in [-0.15, -0.1) is 0 Å². The van der Waals surface area contributed by atoms with Gasteiger partial charge in [0.05, 0.1) is 4.92 Å². The van der Waals surface area contributed by atoms with Crippen molar-refractivity contribution >= 4 is 21.2 Å². The molecule has 0 heterocycles. The van der Waals surface area contributed by atoms with Crippen molar-refractivity contribution in [2.24, 2.45) is 11.3 Å². The van der Waals surface area contributed by atoms with E-state index in [0.29, 0.717) is 12.5 Å². The maximum atomic E-state index is 11.8. The Balaban J connectivity index is 2.28. The summed E-state index contributed by atoms with van der Waals surface area (Å²) < 4.78 is 23.6. The number of rotatable bonds is 6. The Morgan fingerprint density at radius 3 is 2.43 bits per heavy atom. The zero-order valence-corrected chi connectivity index (χ0v) is 14.6. The number of nitro groups is 1. The molecule has 0 atom stereocenters. The Kier molecular flexibility index (Phi) is 4.98. The lowest BCUT2D eigenvalue weighted by Crippen LogP contribution is -2.30. The summed E-state index contributed by atoms with van der Waals surface area (Å²) in [5.74, 6) is 0.590. The van der Waals surface area contributed by atoms with Crippen LogP contribution in [0.15, 0.2) is 23.1 Å². The first-order chi connectivity index (χ1) is 10.6. The predicted octanol–water partition coefficient (Wildman–Crippen LogP) is 3.63. The minimum absolute atomic E-state index is 0.00542. The molecule has 0 amide bonds. The topological polar surface area (TPSA) is 89.3 Å². The molecule has 1 fully saturated rings. The second-order valence-corrected chi connectivity index (χ2v) is 8.99. The number of nitrogens with zero attached hydrogens (tertiary/aromatic N) is 1. The zero-order valence-electron chi connectivity index (χ0n) is 13.8. The first-order valence-corrected chi connectivity index (χ1v) is 9.73. The second kappa shape index (κ2) is 6.47. The number of anilines is 1. The standard InChI is InChI=1S/C16H24N2O4S/c1-16(2,12-7-4-5-8-12)11-17-13-9-6-10-14(23(3,21)22)15(13)18(19)20/h6,9-10,12,17H,4-5,7-8,11H2,1-3H3. The molecule has 0 radical (unpaired) electrons. The van der Waals surface area contributed by atoms with E-state index in [9.17, 15) is 18.5 Å². The van der Waals surface area contributed by atoms with Crippen LogP contribution in [0.5, 0.6) is 0 Å². The van der Waals surface area contributed by atoms with Gasteiger partial charge in [-0.1, -0.05) is 32.8 Å². The summed E-state index contributed by atoms with van der Waals surface area (Å²) in [6.45, 7) is 4.89. The fourth-order valence-electron chi connectivity index (χ4n) is 3.33. The van der Waals surface area contributed by atoms with E-state index in [0.717, 1.165) is 6.26 Å². The highest BCUT2D eigenvalue weighted by atomic mass is 32.2. The van der Waals surface area contributed by atoms with Crippen molar-refractivity contribution in [3.63, 3.8) is 0 Å². The number of hydrogen-bond donors (Lipinski definition) is 1. The van der Waals surface area contributed by atoms with Crippen LogP contribution in [0.2, 0.25) is 0 Å². The molecule has 0 unspecified atom stereocenters. The maximum Gasteiger partial charge on any atom is 0.310 e. The zero-order chi connectivity index (χ0) is 17.3. The van der Waals surface area contributed by atoms with E-state index in [4.69, 9.17) is 0 Å². The fourth-order valence-corrected chi connectivity index (χ4v) is 4.19. The average molecular weight is 340 g/mol. The SMILES string of the molecule is CC(C)(CNc1cccc(S(C)(=O)=O)c1[N+](=O)[O-])C1CCCC1. The van der Waals surface area contributed by atoms with Gasteiger partial charge < -0.3 is 5.32 Å². The van der Waals surface area contributed by atoms with Gasteiger partial charge in [0.2, 0.25) is 0 Å². The molecule has 128 valence electrons. The summed E-state index contributed by atoms with van der Waals surface area (Å²) in [6, 6.07) is 4.38. The molecule has 23 heavy (non-hydrogen) atoms. The summed E-state index contributed by atoms with van der Waals surface area (Å²) in [6.07, 6.45) is 5.82. The lowest BCUT2D eigenvalue weighted by atomic mass is 9.77. The fraction of sp³-hybridized carbons (Fsp3) is 0.625. The van der Waals surface area contributed by atoms with Gasteiger partial charge in [-0.3, -0.25) is 10.1 Å². The molecule has 0 spiro atoms. The highest BCUT2D eigenvalue weighted by Gasteiger charge is 2.33. The molecule has 1 aromatic rings. The van der Waals surface area contributed by atoms with Gasteiger partial charge in [-0.25, -0.2) is 8.42 Å². The molecule has 1 N–H and O–H groups in total. The van der Waals surface area contributed by atoms with Crippen molar-refractivity contribution in [2.45, 2.75) is 44.4 Å². The van der Waals surface area contributed by atoms with Crippen LogP contribution in [-0.2, 0) is 9.84 Å². The third-order valence-electron chi connectivity index (χ3n) is 4.78. The van der Waals surface area contributed by atoms with E-state index >= 15 is 0 Å². The molecular formula is C16H24N2O4S. The van der Waals surface area contributed by atoms with Gasteiger partial charge in [0.1, 0.15) is 10.6 Å². The number of benzene rings is 1. The minimum Gasteiger partial charge on any atom is -0.379 e. The van der Waals surface area contributed by atoms with Crippen LogP contribution >= 0.6 is 0 Å². The molecule has 2 rings (SSSR count). The van der Waals surface area contributed by atoms with Crippen LogP contribution in [0.3, 0.4) is 0 Å². The minimum atomic E-state index is -3.65. The van der Waals surface area contributed by atoms with E-state index < -0.39 is 14.8 Å². The van der Waals surface area contributed by atoms with Crippen LogP contribution in [0, 0.1) is 21.4 Å². The van der Waals surface area contributed by atoms with Crippen LogP contribution in [0.25, 0.3) is 0 Å². The van der Waals surface area contributed by atoms with Gasteiger partial charge >= 0.3 is 5.69 Å². The highest BCUT2D eigenvalue weighted by molar-refractivity contribution is 7.90. The summed E-state index contributed by atoms with van der Waals surface area (Å²) in [4.78, 5) is 10.5. The Hall–Kier alpha value is -1.63. The lowest BCUT2D eigenvalue weighted by Gasteiger charge is -2.32. The van der Waals surface area contributed by atoms with E-state index in [1.807, 2.05) is 0 Å². The van der Waals surface area contributed by atoms with Gasteiger partial charge in [-0.05, 0) is 36.3 Å². The average Bonchev–Trinajstić information content (AvgIpc) is 2.98. The molecule has 0 aromatic heterocycles. The van der Waals surface area contributed by atoms with Crippen molar-refractivity contribution in [3.8, 4) is 0 Å². The molecule has 0 aliphatic heterocycles. The third kappa shape index (κ3) is 4.02. The van der Waals surface area contributed by atoms with Crippen molar-refractivity contribution in [3.05, 3.63) is 28.3 Å². The first kappa shape index (κ1) is 17.7. The molecule has 1 saturated carbocycles. The van der Waals surface area contributed by atoms with E-state index in [1.165, 1.54) is 37.8 Å². The maximum absolute atomic E-state index is 11.8. The second-order valence-electron chi connectivity index (χ2n) is 7.01. The summed E-state index contributed by atoms with van der Waals surface area (Å²) >= 11 is 0. The molecule has 0 saturated heterocycles.